The lowest BCUT2D eigenvalue weighted by Gasteiger charge is -2.30. The van der Waals surface area contributed by atoms with Crippen LogP contribution >= 0.6 is 11.3 Å². The van der Waals surface area contributed by atoms with Gasteiger partial charge in [-0.3, -0.25) is 0 Å². The van der Waals surface area contributed by atoms with Gasteiger partial charge < -0.3 is 28.9 Å². The molecule has 1 aliphatic heterocycles. The summed E-state index contributed by atoms with van der Waals surface area (Å²) in [5.74, 6) is 0.588. The molecule has 3 aromatic rings. The number of benzene rings is 2. The molecule has 0 bridgehead atoms. The van der Waals surface area contributed by atoms with E-state index in [0.717, 1.165) is 6.54 Å². The molecule has 2 unspecified atom stereocenters. The van der Waals surface area contributed by atoms with Crippen LogP contribution in [-0.2, 0) is 5.41 Å². The predicted octanol–water partition coefficient (Wildman–Crippen LogP) is 2.37. The molecule has 27 heavy (non-hydrogen) atoms. The van der Waals surface area contributed by atoms with E-state index >= 15 is 0 Å². The monoisotopic (exact) mass is 486 g/mol. The number of halogens is 1. The fourth-order valence-corrected chi connectivity index (χ4v) is 5.50. The summed E-state index contributed by atoms with van der Waals surface area (Å²) in [7, 11) is 0. The first kappa shape index (κ1) is 18.7. The molecule has 2 atom stereocenters. The molecule has 2 heterocycles. The third-order valence-corrected chi connectivity index (χ3v) is 6.89. The average molecular weight is 486 g/mol. The Morgan fingerprint density at radius 3 is 2.70 bits per heavy atom. The maximum Gasteiger partial charge on any atom is 0.231 e. The Morgan fingerprint density at radius 1 is 1.11 bits per heavy atom. The lowest BCUT2D eigenvalue weighted by molar-refractivity contribution is -0.534. The topological polar surface area (TPSA) is 7.12 Å². The summed E-state index contributed by atoms with van der Waals surface area (Å²) in [4.78, 5) is 2.36. The number of anilines is 1. The molecule has 1 saturated carbocycles. The van der Waals surface area contributed by atoms with Gasteiger partial charge in [0.2, 0.25) is 11.0 Å². The first-order valence-corrected chi connectivity index (χ1v) is 10.3. The van der Waals surface area contributed by atoms with Gasteiger partial charge in [0.15, 0.2) is 6.20 Å². The average Bonchev–Trinajstić information content (AvgIpc) is 3.09. The van der Waals surface area contributed by atoms with Crippen molar-refractivity contribution in [3.63, 3.8) is 0 Å². The van der Waals surface area contributed by atoms with Crippen LogP contribution in [0.25, 0.3) is 16.4 Å². The second-order valence-corrected chi connectivity index (χ2v) is 8.02. The number of allylic oxidation sites excluding steroid dienone is 2. The van der Waals surface area contributed by atoms with Crippen LogP contribution in [0.1, 0.15) is 25.8 Å². The van der Waals surface area contributed by atoms with E-state index in [1.54, 1.807) is 0 Å². The third kappa shape index (κ3) is 2.68. The van der Waals surface area contributed by atoms with Gasteiger partial charge in [-0.25, -0.2) is 0 Å². The summed E-state index contributed by atoms with van der Waals surface area (Å²) in [5.41, 5.74) is 7.96. The number of hydrogen-bond acceptors (Lipinski definition) is 2. The van der Waals surface area contributed by atoms with E-state index < -0.39 is 0 Å². The predicted molar refractivity (Wildman–Crippen MR) is 110 cm³/mol. The summed E-state index contributed by atoms with van der Waals surface area (Å²) in [6.45, 7) is 5.53. The number of aromatic nitrogens is 1. The van der Waals surface area contributed by atoms with E-state index in [-0.39, 0.29) is 29.4 Å². The van der Waals surface area contributed by atoms with E-state index in [2.05, 4.69) is 95.8 Å². The lowest BCUT2D eigenvalue weighted by atomic mass is 9.87. The normalized spacial score (nSPS) is 24.3. The molecule has 1 fully saturated rings. The van der Waals surface area contributed by atoms with E-state index in [0.29, 0.717) is 5.92 Å². The molecule has 0 amide bonds. The molecule has 138 valence electrons. The Balaban J connectivity index is 0.00000180. The molecule has 0 N–H and O–H groups in total. The standard InChI is InChI=1S/C23H23N2S.HI/c1-3-17-19(15-25-16-26-22-12-8-7-11-21(22)25)23(17)13-14-24(4-2)20-10-6-5-9-18(20)23;/h5-17H,3-4H2,1-2H3;1H/q+1;/p-1. The van der Waals surface area contributed by atoms with Crippen molar-refractivity contribution in [3.8, 4) is 0 Å². The van der Waals surface area contributed by atoms with Gasteiger partial charge in [0, 0.05) is 36.0 Å². The molecule has 1 aromatic heterocycles. The number of rotatable bonds is 3. The van der Waals surface area contributed by atoms with Crippen LogP contribution in [0.5, 0.6) is 0 Å². The smallest absolute Gasteiger partial charge is 0.231 e. The number of nitrogens with zero attached hydrogens (tertiary/aromatic N) is 2. The van der Waals surface area contributed by atoms with Crippen LogP contribution in [-0.4, -0.2) is 6.54 Å². The van der Waals surface area contributed by atoms with Gasteiger partial charge in [-0.15, -0.1) is 0 Å². The van der Waals surface area contributed by atoms with Crippen LogP contribution in [0.3, 0.4) is 0 Å². The maximum atomic E-state index is 2.44. The fraction of sp³-hybridized carbons (Fsp3) is 0.261. The van der Waals surface area contributed by atoms with E-state index in [9.17, 15) is 0 Å². The zero-order chi connectivity index (χ0) is 17.7. The van der Waals surface area contributed by atoms with Gasteiger partial charge >= 0.3 is 0 Å². The van der Waals surface area contributed by atoms with Crippen molar-refractivity contribution in [1.29, 1.82) is 0 Å². The van der Waals surface area contributed by atoms with Gasteiger partial charge in [-0.05, 0) is 31.0 Å². The van der Waals surface area contributed by atoms with Crippen LogP contribution in [0.15, 0.2) is 71.9 Å². The quantitative estimate of drug-likeness (QED) is 0.408. The Hall–Kier alpha value is -1.66. The van der Waals surface area contributed by atoms with E-state index in [1.807, 2.05) is 11.3 Å². The molecule has 0 saturated heterocycles. The maximum absolute atomic E-state index is 2.44. The fourth-order valence-electron chi connectivity index (χ4n) is 4.65. The van der Waals surface area contributed by atoms with Crippen molar-refractivity contribution in [2.24, 2.45) is 5.92 Å². The zero-order valence-corrected chi connectivity index (χ0v) is 18.6. The van der Waals surface area contributed by atoms with E-state index in [1.165, 1.54) is 33.5 Å². The zero-order valence-electron chi connectivity index (χ0n) is 15.6. The summed E-state index contributed by atoms with van der Waals surface area (Å²) in [5, 5.41) is 0. The SMILES string of the molecule is CCC1C(=C[n+]2csc3ccccc32)C12C=CN(CC)c1ccccc12.[I-]. The van der Waals surface area contributed by atoms with Crippen molar-refractivity contribution in [2.45, 2.75) is 25.7 Å². The van der Waals surface area contributed by atoms with Crippen molar-refractivity contribution in [2.75, 3.05) is 11.4 Å². The molecular formula is C23H23IN2S. The summed E-state index contributed by atoms with van der Waals surface area (Å²) in [6.07, 6.45) is 8.28. The highest BCUT2D eigenvalue weighted by atomic mass is 127. The summed E-state index contributed by atoms with van der Waals surface area (Å²) < 4.78 is 3.65. The Morgan fingerprint density at radius 2 is 1.89 bits per heavy atom. The highest BCUT2D eigenvalue weighted by Crippen LogP contribution is 2.65. The molecule has 4 heteroatoms. The highest BCUT2D eigenvalue weighted by Gasteiger charge is 2.61. The Bertz CT molecular complexity index is 1050. The molecule has 2 aliphatic rings. The van der Waals surface area contributed by atoms with E-state index in [4.69, 9.17) is 0 Å². The molecule has 5 rings (SSSR count). The molecule has 1 spiro atoms. The van der Waals surface area contributed by atoms with Gasteiger partial charge in [0.05, 0.1) is 5.41 Å². The van der Waals surface area contributed by atoms with Gasteiger partial charge in [0.25, 0.3) is 0 Å². The Kier molecular flexibility index (Phi) is 4.89. The van der Waals surface area contributed by atoms with Gasteiger partial charge in [-0.2, -0.15) is 4.57 Å². The van der Waals surface area contributed by atoms with Crippen LogP contribution in [0.2, 0.25) is 0 Å². The van der Waals surface area contributed by atoms with Crippen molar-refractivity contribution >= 4 is 33.4 Å². The second-order valence-electron chi connectivity index (χ2n) is 7.13. The lowest BCUT2D eigenvalue weighted by Crippen LogP contribution is -3.00. The van der Waals surface area contributed by atoms with Crippen LogP contribution in [0, 0.1) is 5.92 Å². The van der Waals surface area contributed by atoms with Crippen molar-refractivity contribution in [1.82, 2.24) is 0 Å². The number of para-hydroxylation sites is 2. The first-order chi connectivity index (χ1) is 12.8. The minimum absolute atomic E-state index is 0. The summed E-state index contributed by atoms with van der Waals surface area (Å²) in [6, 6.07) is 17.6. The highest BCUT2D eigenvalue weighted by molar-refractivity contribution is 7.16. The molecule has 2 aromatic carbocycles. The minimum Gasteiger partial charge on any atom is -1.00 e. The van der Waals surface area contributed by atoms with Crippen LogP contribution < -0.4 is 33.4 Å². The minimum atomic E-state index is 0. The second kappa shape index (κ2) is 7.06. The number of hydrogen-bond donors (Lipinski definition) is 0. The molecule has 0 radical (unpaired) electrons. The Labute approximate surface area is 181 Å². The van der Waals surface area contributed by atoms with Crippen LogP contribution in [0.4, 0.5) is 5.69 Å². The molecule has 1 aliphatic carbocycles. The number of fused-ring (bicyclic) bond motifs is 3. The summed E-state index contributed by atoms with van der Waals surface area (Å²) >= 11 is 1.81. The van der Waals surface area contributed by atoms with Gasteiger partial charge in [0.1, 0.15) is 4.70 Å². The van der Waals surface area contributed by atoms with Crippen molar-refractivity contribution < 1.29 is 28.5 Å². The van der Waals surface area contributed by atoms with Gasteiger partial charge in [-0.1, -0.05) is 54.7 Å². The first-order valence-electron chi connectivity index (χ1n) is 9.44. The third-order valence-electron chi connectivity index (χ3n) is 5.96. The molecule has 2 nitrogen and oxygen atoms in total. The largest absolute Gasteiger partial charge is 1.00 e. The molecular weight excluding hydrogens is 463 g/mol. The van der Waals surface area contributed by atoms with Crippen molar-refractivity contribution in [3.05, 3.63) is 77.5 Å². The number of thiazole rings is 1.